The Labute approximate surface area is 42.1 Å². The zero-order valence-electron chi connectivity index (χ0n) is 4.01. The molecule has 0 N–H and O–H groups in total. The summed E-state index contributed by atoms with van der Waals surface area (Å²) in [7, 11) is 1.50. The number of nitrogens with zero attached hydrogens (tertiary/aromatic N) is 2. The molecule has 0 unspecified atom stereocenters. The summed E-state index contributed by atoms with van der Waals surface area (Å²) >= 11 is 0. The molecule has 0 aliphatic rings. The zero-order valence-corrected chi connectivity index (χ0v) is 4.01. The minimum absolute atomic E-state index is 0.115. The van der Waals surface area contributed by atoms with E-state index in [0.29, 0.717) is 0 Å². The third-order valence-electron chi connectivity index (χ3n) is 0.464. The molecule has 0 rings (SSSR count). The fraction of sp³-hybridized carbons (Fsp3) is 0.500. The third kappa shape index (κ3) is 2.77. The van der Waals surface area contributed by atoms with Gasteiger partial charge in [-0.2, -0.15) is 5.26 Å². The Morgan fingerprint density at radius 2 is 2.43 bits per heavy atom. The van der Waals surface area contributed by atoms with Crippen LogP contribution in [0.2, 0.25) is 0 Å². The Hall–Kier alpha value is -1.04. The van der Waals surface area contributed by atoms with Crippen LogP contribution in [0.25, 0.3) is 0 Å². The normalized spacial score (nSPS) is 6.86. The molecule has 0 aromatic carbocycles. The van der Waals surface area contributed by atoms with Crippen molar-refractivity contribution in [2.24, 2.45) is 0 Å². The second-order valence-electron chi connectivity index (χ2n) is 1.11. The highest BCUT2D eigenvalue weighted by Crippen LogP contribution is 1.67. The van der Waals surface area contributed by atoms with Crippen molar-refractivity contribution in [1.29, 1.82) is 5.26 Å². The van der Waals surface area contributed by atoms with Crippen molar-refractivity contribution in [1.82, 2.24) is 4.90 Å². The maximum Gasteiger partial charge on any atom is 0.312 e. The lowest BCUT2D eigenvalue weighted by atomic mass is 10.7. The molecule has 3 heteroatoms. The second-order valence-corrected chi connectivity index (χ2v) is 1.11. The number of hydrogen-bond donors (Lipinski definition) is 0. The van der Waals surface area contributed by atoms with E-state index in [2.05, 4.69) is 0 Å². The summed E-state index contributed by atoms with van der Waals surface area (Å²) < 4.78 is 0. The maximum absolute atomic E-state index is 9.54. The van der Waals surface area contributed by atoms with Crippen LogP contribution in [0.3, 0.4) is 0 Å². The summed E-state index contributed by atoms with van der Waals surface area (Å²) in [4.78, 5) is 10.7. The molecule has 37 valence electrons. The average Bonchev–Trinajstić information content (AvgIpc) is 1.68. The first-order valence-corrected chi connectivity index (χ1v) is 1.77. The van der Waals surface area contributed by atoms with Crippen LogP contribution in [0.5, 0.6) is 0 Å². The van der Waals surface area contributed by atoms with Crippen molar-refractivity contribution in [2.75, 3.05) is 13.6 Å². The van der Waals surface area contributed by atoms with Crippen molar-refractivity contribution >= 4 is 6.41 Å². The molecule has 0 bridgehead atoms. The molecule has 0 aromatic heterocycles. The van der Waals surface area contributed by atoms with Crippen molar-refractivity contribution in [2.45, 2.75) is 0 Å². The minimum Gasteiger partial charge on any atom is -0.324 e. The third-order valence-corrected chi connectivity index (χ3v) is 0.464. The minimum atomic E-state index is 0.115. The molecular weight excluding hydrogens is 92.1 g/mol. The number of nitriles is 1. The van der Waals surface area contributed by atoms with Gasteiger partial charge in [-0.15, -0.1) is 0 Å². The Morgan fingerprint density at radius 3 is 2.57 bits per heavy atom. The predicted molar refractivity (Wildman–Crippen MR) is 23.9 cm³/mol. The van der Waals surface area contributed by atoms with E-state index in [9.17, 15) is 4.79 Å². The topological polar surface area (TPSA) is 44.1 Å². The molecule has 0 fully saturated rings. The van der Waals surface area contributed by atoms with Gasteiger partial charge in [0.05, 0.1) is 6.07 Å². The first kappa shape index (κ1) is 5.96. The first-order valence-electron chi connectivity index (χ1n) is 1.77. The lowest BCUT2D eigenvalue weighted by Crippen LogP contribution is -2.14. The molecule has 0 aliphatic heterocycles. The molecule has 7 heavy (non-hydrogen) atoms. The van der Waals surface area contributed by atoms with Gasteiger partial charge < -0.3 is 4.90 Å². The summed E-state index contributed by atoms with van der Waals surface area (Å²) in [5, 5.41) is 7.90. The van der Waals surface area contributed by atoms with Gasteiger partial charge in [0.25, 0.3) is 0 Å². The van der Waals surface area contributed by atoms with Crippen LogP contribution in [-0.4, -0.2) is 24.9 Å². The lowest BCUT2D eigenvalue weighted by molar-refractivity contribution is 0.463. The predicted octanol–water partition coefficient (Wildman–Crippen LogP) is -0.491. The van der Waals surface area contributed by atoms with Crippen LogP contribution in [0.15, 0.2) is 0 Å². The summed E-state index contributed by atoms with van der Waals surface area (Å²) in [6, 6.07) is 1.78. The molecule has 0 saturated heterocycles. The Morgan fingerprint density at radius 1 is 1.86 bits per heavy atom. The molecule has 0 aliphatic carbocycles. The molecule has 1 amide bonds. The zero-order chi connectivity index (χ0) is 5.70. The van der Waals surface area contributed by atoms with Crippen LogP contribution in [0, 0.1) is 11.3 Å². The van der Waals surface area contributed by atoms with Crippen molar-refractivity contribution < 1.29 is 4.79 Å². The quantitative estimate of drug-likeness (QED) is 0.344. The molecule has 1 radical (unpaired) electrons. The van der Waals surface area contributed by atoms with Gasteiger partial charge >= 0.3 is 6.41 Å². The van der Waals surface area contributed by atoms with Gasteiger partial charge in [-0.3, -0.25) is 4.79 Å². The number of hydrogen-bond acceptors (Lipinski definition) is 2. The van der Waals surface area contributed by atoms with Gasteiger partial charge in [-0.1, -0.05) is 0 Å². The summed E-state index contributed by atoms with van der Waals surface area (Å²) in [5.74, 6) is 0. The number of rotatable bonds is 2. The molecule has 0 spiro atoms. The standard InChI is InChI=1S/C4H5N2O/c1-6(4-7)3-2-5/h3H2,1H3. The Kier molecular flexibility index (Phi) is 2.69. The van der Waals surface area contributed by atoms with Gasteiger partial charge in [0, 0.05) is 7.05 Å². The van der Waals surface area contributed by atoms with Crippen LogP contribution < -0.4 is 0 Å². The van der Waals surface area contributed by atoms with Gasteiger partial charge in [0.2, 0.25) is 0 Å². The fourth-order valence-corrected chi connectivity index (χ4v) is 0.138. The first-order chi connectivity index (χ1) is 3.31. The molecule has 3 nitrogen and oxygen atoms in total. The molecular formula is C4H5N2O. The highest BCUT2D eigenvalue weighted by atomic mass is 16.1. The molecule has 0 saturated carbocycles. The van der Waals surface area contributed by atoms with E-state index in [1.165, 1.54) is 13.5 Å². The highest BCUT2D eigenvalue weighted by molar-refractivity contribution is 5.47. The summed E-state index contributed by atoms with van der Waals surface area (Å²) in [6.07, 6.45) is 1.53. The number of amides is 1. The van der Waals surface area contributed by atoms with E-state index < -0.39 is 0 Å². The van der Waals surface area contributed by atoms with E-state index >= 15 is 0 Å². The molecule has 0 aromatic rings. The van der Waals surface area contributed by atoms with E-state index in [4.69, 9.17) is 5.26 Å². The Balaban J connectivity index is 3.21. The van der Waals surface area contributed by atoms with E-state index in [0.717, 1.165) is 4.90 Å². The Bertz CT molecular complexity index is 94.4. The summed E-state index contributed by atoms with van der Waals surface area (Å²) in [6.45, 7) is 0.115. The van der Waals surface area contributed by atoms with Crippen LogP contribution in [0.1, 0.15) is 0 Å². The smallest absolute Gasteiger partial charge is 0.312 e. The van der Waals surface area contributed by atoms with E-state index in [1.807, 2.05) is 0 Å². The fourth-order valence-electron chi connectivity index (χ4n) is 0.138. The largest absolute Gasteiger partial charge is 0.324 e. The van der Waals surface area contributed by atoms with Gasteiger partial charge in [0.1, 0.15) is 6.54 Å². The summed E-state index contributed by atoms with van der Waals surface area (Å²) in [5.41, 5.74) is 0. The van der Waals surface area contributed by atoms with Crippen molar-refractivity contribution in [3.05, 3.63) is 0 Å². The van der Waals surface area contributed by atoms with Gasteiger partial charge in [-0.25, -0.2) is 0 Å². The highest BCUT2D eigenvalue weighted by Gasteiger charge is 1.86. The van der Waals surface area contributed by atoms with Crippen molar-refractivity contribution in [3.8, 4) is 6.07 Å². The van der Waals surface area contributed by atoms with Gasteiger partial charge in [-0.05, 0) is 0 Å². The molecule has 0 heterocycles. The van der Waals surface area contributed by atoms with Crippen LogP contribution >= 0.6 is 0 Å². The lowest BCUT2D eigenvalue weighted by Gasteiger charge is -1.97. The SMILES string of the molecule is CN([C]=O)CC#N. The van der Waals surface area contributed by atoms with Crippen LogP contribution in [-0.2, 0) is 4.79 Å². The molecule has 0 atom stereocenters. The van der Waals surface area contributed by atoms with Gasteiger partial charge in [0.15, 0.2) is 0 Å². The van der Waals surface area contributed by atoms with E-state index in [-0.39, 0.29) is 6.54 Å². The second kappa shape index (κ2) is 3.16. The number of carbonyl (C=O) groups excluding carboxylic acids is 1. The van der Waals surface area contributed by atoms with E-state index in [1.54, 1.807) is 6.07 Å². The monoisotopic (exact) mass is 97.0 g/mol. The van der Waals surface area contributed by atoms with Crippen molar-refractivity contribution in [3.63, 3.8) is 0 Å². The maximum atomic E-state index is 9.54. The average molecular weight is 97.1 g/mol. The van der Waals surface area contributed by atoms with Crippen LogP contribution in [0.4, 0.5) is 0 Å².